The van der Waals surface area contributed by atoms with Crippen LogP contribution in [0.5, 0.6) is 5.75 Å². The highest BCUT2D eigenvalue weighted by Gasteiger charge is 2.29. The van der Waals surface area contributed by atoms with Crippen molar-refractivity contribution in [3.05, 3.63) is 36.5 Å². The van der Waals surface area contributed by atoms with Gasteiger partial charge < -0.3 is 9.47 Å². The summed E-state index contributed by atoms with van der Waals surface area (Å²) in [4.78, 5) is 15.8. The third-order valence-electron chi connectivity index (χ3n) is 2.92. The minimum atomic E-state index is -0.673. The van der Waals surface area contributed by atoms with Crippen LogP contribution in [-0.2, 0) is 9.53 Å². The largest absolute Gasteiger partial charge is 0.492 e. The molecule has 0 bridgehead atoms. The summed E-state index contributed by atoms with van der Waals surface area (Å²) in [5.41, 5.74) is 0.198. The van der Waals surface area contributed by atoms with Crippen molar-refractivity contribution in [3.63, 3.8) is 0 Å². The van der Waals surface area contributed by atoms with Gasteiger partial charge in [-0.3, -0.25) is 9.78 Å². The van der Waals surface area contributed by atoms with Crippen LogP contribution in [0, 0.1) is 5.41 Å². The number of hydrogen-bond acceptors (Lipinski definition) is 4. The second-order valence-electron chi connectivity index (χ2n) is 5.02. The first-order valence-electron chi connectivity index (χ1n) is 6.09. The SMILES string of the molecule is COC(=O)C(C)(C)COc1ccc2cccnc2c1. The minimum absolute atomic E-state index is 0.262. The molecule has 0 unspecified atom stereocenters. The number of fused-ring (bicyclic) bond motifs is 1. The lowest BCUT2D eigenvalue weighted by Crippen LogP contribution is -2.32. The number of hydrogen-bond donors (Lipinski definition) is 0. The van der Waals surface area contributed by atoms with Gasteiger partial charge in [0.1, 0.15) is 12.4 Å². The smallest absolute Gasteiger partial charge is 0.314 e. The molecule has 0 fully saturated rings. The highest BCUT2D eigenvalue weighted by atomic mass is 16.5. The molecule has 4 nitrogen and oxygen atoms in total. The third kappa shape index (κ3) is 3.02. The van der Waals surface area contributed by atoms with Crippen LogP contribution >= 0.6 is 0 Å². The zero-order valence-corrected chi connectivity index (χ0v) is 11.3. The summed E-state index contributed by atoms with van der Waals surface area (Å²) >= 11 is 0. The lowest BCUT2D eigenvalue weighted by Gasteiger charge is -2.21. The summed E-state index contributed by atoms with van der Waals surface area (Å²) in [6.45, 7) is 3.84. The number of aromatic nitrogens is 1. The normalized spacial score (nSPS) is 11.3. The molecule has 0 aliphatic rings. The highest BCUT2D eigenvalue weighted by Crippen LogP contribution is 2.22. The van der Waals surface area contributed by atoms with Crippen molar-refractivity contribution in [1.29, 1.82) is 0 Å². The van der Waals surface area contributed by atoms with Crippen LogP contribution in [0.25, 0.3) is 10.9 Å². The number of methoxy groups -OCH3 is 1. The van der Waals surface area contributed by atoms with Gasteiger partial charge in [0.2, 0.25) is 0 Å². The number of carbonyl (C=O) groups is 1. The van der Waals surface area contributed by atoms with Crippen molar-refractivity contribution >= 4 is 16.9 Å². The average molecular weight is 259 g/mol. The molecular formula is C15H17NO3. The maximum absolute atomic E-state index is 11.6. The molecule has 2 rings (SSSR count). The summed E-state index contributed by atoms with van der Waals surface area (Å²) in [6.07, 6.45) is 1.74. The van der Waals surface area contributed by atoms with E-state index in [0.717, 1.165) is 10.9 Å². The molecule has 0 spiro atoms. The van der Waals surface area contributed by atoms with Crippen molar-refractivity contribution in [2.75, 3.05) is 13.7 Å². The molecule has 100 valence electrons. The van der Waals surface area contributed by atoms with Gasteiger partial charge in [0, 0.05) is 17.6 Å². The number of pyridine rings is 1. The Bertz CT molecular complexity index is 593. The molecule has 0 radical (unpaired) electrons. The van der Waals surface area contributed by atoms with Gasteiger partial charge in [-0.05, 0) is 32.0 Å². The molecule has 1 heterocycles. The molecule has 0 saturated carbocycles. The standard InChI is InChI=1S/C15H17NO3/c1-15(2,14(17)18-3)10-19-12-7-6-11-5-4-8-16-13(11)9-12/h4-9H,10H2,1-3H3. The Morgan fingerprint density at radius 2 is 2.11 bits per heavy atom. The Hall–Kier alpha value is -2.10. The van der Waals surface area contributed by atoms with Gasteiger partial charge in [0.15, 0.2) is 0 Å². The predicted octanol–water partition coefficient (Wildman–Crippen LogP) is 2.81. The Kier molecular flexibility index (Phi) is 3.69. The van der Waals surface area contributed by atoms with Gasteiger partial charge >= 0.3 is 5.97 Å². The van der Waals surface area contributed by atoms with Crippen LogP contribution in [0.1, 0.15) is 13.8 Å². The fourth-order valence-corrected chi connectivity index (χ4v) is 1.74. The fraction of sp³-hybridized carbons (Fsp3) is 0.333. The van der Waals surface area contributed by atoms with Crippen LogP contribution in [0.3, 0.4) is 0 Å². The molecule has 1 aromatic carbocycles. The lowest BCUT2D eigenvalue weighted by molar-refractivity contribution is -0.152. The van der Waals surface area contributed by atoms with Crippen molar-refractivity contribution in [1.82, 2.24) is 4.98 Å². The third-order valence-corrected chi connectivity index (χ3v) is 2.92. The maximum Gasteiger partial charge on any atom is 0.314 e. The molecule has 0 aliphatic heterocycles. The van der Waals surface area contributed by atoms with Crippen LogP contribution < -0.4 is 4.74 Å². The van der Waals surface area contributed by atoms with Gasteiger partial charge in [-0.1, -0.05) is 6.07 Å². The summed E-state index contributed by atoms with van der Waals surface area (Å²) in [7, 11) is 1.38. The average Bonchev–Trinajstić information content (AvgIpc) is 2.44. The zero-order valence-electron chi connectivity index (χ0n) is 11.3. The van der Waals surface area contributed by atoms with Crippen LogP contribution in [0.4, 0.5) is 0 Å². The van der Waals surface area contributed by atoms with Crippen LogP contribution in [-0.4, -0.2) is 24.7 Å². The number of carbonyl (C=O) groups excluding carboxylic acids is 1. The van der Waals surface area contributed by atoms with Crippen molar-refractivity contribution in [2.45, 2.75) is 13.8 Å². The van der Waals surface area contributed by atoms with E-state index < -0.39 is 5.41 Å². The van der Waals surface area contributed by atoms with E-state index in [1.54, 1.807) is 20.0 Å². The second-order valence-corrected chi connectivity index (χ2v) is 5.02. The van der Waals surface area contributed by atoms with Gasteiger partial charge in [-0.2, -0.15) is 0 Å². The molecule has 0 aliphatic carbocycles. The first kappa shape index (κ1) is 13.3. The van der Waals surface area contributed by atoms with Crippen molar-refractivity contribution in [3.8, 4) is 5.75 Å². The van der Waals surface area contributed by atoms with Crippen molar-refractivity contribution < 1.29 is 14.3 Å². The van der Waals surface area contributed by atoms with Crippen LogP contribution in [0.2, 0.25) is 0 Å². The molecule has 2 aromatic rings. The predicted molar refractivity (Wildman–Crippen MR) is 73.0 cm³/mol. The Balaban J connectivity index is 2.12. The molecule has 1 aromatic heterocycles. The topological polar surface area (TPSA) is 48.4 Å². The first-order valence-corrected chi connectivity index (χ1v) is 6.09. The minimum Gasteiger partial charge on any atom is -0.492 e. The van der Waals surface area contributed by atoms with E-state index in [0.29, 0.717) is 5.75 Å². The lowest BCUT2D eigenvalue weighted by atomic mass is 9.95. The number of esters is 1. The molecule has 4 heteroatoms. The first-order chi connectivity index (χ1) is 9.03. The molecule has 0 saturated heterocycles. The Morgan fingerprint density at radius 1 is 1.32 bits per heavy atom. The fourth-order valence-electron chi connectivity index (χ4n) is 1.74. The quantitative estimate of drug-likeness (QED) is 0.792. The number of nitrogens with zero attached hydrogens (tertiary/aromatic N) is 1. The molecular weight excluding hydrogens is 242 g/mol. The summed E-state index contributed by atoms with van der Waals surface area (Å²) in [5.74, 6) is 0.412. The van der Waals surface area contributed by atoms with E-state index in [-0.39, 0.29) is 12.6 Å². The molecule has 19 heavy (non-hydrogen) atoms. The summed E-state index contributed by atoms with van der Waals surface area (Å²) < 4.78 is 10.4. The molecule has 0 amide bonds. The molecule has 0 atom stereocenters. The van der Waals surface area contributed by atoms with E-state index in [2.05, 4.69) is 4.98 Å². The second kappa shape index (κ2) is 5.26. The van der Waals surface area contributed by atoms with Gasteiger partial charge in [-0.15, -0.1) is 0 Å². The van der Waals surface area contributed by atoms with Gasteiger partial charge in [-0.25, -0.2) is 0 Å². The van der Waals surface area contributed by atoms with Crippen molar-refractivity contribution in [2.24, 2.45) is 5.41 Å². The van der Waals surface area contributed by atoms with Gasteiger partial charge in [0.05, 0.1) is 18.0 Å². The zero-order chi connectivity index (χ0) is 13.9. The van der Waals surface area contributed by atoms with E-state index in [4.69, 9.17) is 9.47 Å². The van der Waals surface area contributed by atoms with Gasteiger partial charge in [0.25, 0.3) is 0 Å². The molecule has 0 N–H and O–H groups in total. The highest BCUT2D eigenvalue weighted by molar-refractivity contribution is 5.79. The number of benzene rings is 1. The number of rotatable bonds is 4. The van der Waals surface area contributed by atoms with E-state index in [1.807, 2.05) is 30.3 Å². The summed E-state index contributed by atoms with van der Waals surface area (Å²) in [6, 6.07) is 9.57. The van der Waals surface area contributed by atoms with E-state index in [1.165, 1.54) is 7.11 Å². The van der Waals surface area contributed by atoms with Crippen LogP contribution in [0.15, 0.2) is 36.5 Å². The summed E-state index contributed by atoms with van der Waals surface area (Å²) in [5, 5.41) is 1.06. The number of ether oxygens (including phenoxy) is 2. The Labute approximate surface area is 112 Å². The Morgan fingerprint density at radius 3 is 2.84 bits per heavy atom. The monoisotopic (exact) mass is 259 g/mol. The van der Waals surface area contributed by atoms with E-state index >= 15 is 0 Å². The van der Waals surface area contributed by atoms with E-state index in [9.17, 15) is 4.79 Å². The maximum atomic E-state index is 11.6.